The highest BCUT2D eigenvalue weighted by atomic mass is 19.1. The first-order valence-electron chi connectivity index (χ1n) is 10.4. The van der Waals surface area contributed by atoms with E-state index in [-0.39, 0.29) is 30.5 Å². The molecule has 0 bridgehead atoms. The maximum absolute atomic E-state index is 14.8. The number of carbonyl (C=O) groups excluding carboxylic acids is 1. The van der Waals surface area contributed by atoms with Crippen LogP contribution in [0.4, 0.5) is 10.1 Å². The van der Waals surface area contributed by atoms with Gasteiger partial charge in [-0.2, -0.15) is 0 Å². The molecule has 164 valence electrons. The largest absolute Gasteiger partial charge is 0.497 e. The summed E-state index contributed by atoms with van der Waals surface area (Å²) in [5.74, 6) is 0.595. The fourth-order valence-corrected chi connectivity index (χ4v) is 4.17. The van der Waals surface area contributed by atoms with Crippen LogP contribution in [0.15, 0.2) is 40.8 Å². The van der Waals surface area contributed by atoms with Gasteiger partial charge in [0, 0.05) is 25.0 Å². The van der Waals surface area contributed by atoms with Crippen LogP contribution >= 0.6 is 0 Å². The number of hydrogen-bond donors (Lipinski definition) is 1. The molecule has 0 unspecified atom stereocenters. The lowest BCUT2D eigenvalue weighted by atomic mass is 10.1. The fourth-order valence-electron chi connectivity index (χ4n) is 4.17. The summed E-state index contributed by atoms with van der Waals surface area (Å²) in [6.07, 6.45) is 0.0996. The molecule has 1 saturated heterocycles. The van der Waals surface area contributed by atoms with Crippen LogP contribution in [0.2, 0.25) is 0 Å². The number of methoxy groups -OCH3 is 1. The Hall–Kier alpha value is -3.06. The Bertz CT molecular complexity index is 1100. The second-order valence-electron chi connectivity index (χ2n) is 8.03. The highest BCUT2D eigenvalue weighted by molar-refractivity contribution is 6.07. The number of halogens is 1. The Labute approximate surface area is 180 Å². The number of anilines is 1. The van der Waals surface area contributed by atoms with Crippen LogP contribution in [-0.2, 0) is 11.3 Å². The second kappa shape index (κ2) is 8.59. The summed E-state index contributed by atoms with van der Waals surface area (Å²) in [4.78, 5) is 14.9. The number of benzene rings is 2. The Kier molecular flexibility index (Phi) is 5.87. The van der Waals surface area contributed by atoms with Gasteiger partial charge >= 0.3 is 0 Å². The summed E-state index contributed by atoms with van der Waals surface area (Å²) >= 11 is 0. The van der Waals surface area contributed by atoms with Crippen LogP contribution in [0.3, 0.4) is 0 Å². The van der Waals surface area contributed by atoms with Crippen LogP contribution in [0.25, 0.3) is 11.0 Å². The molecular formula is C24H27FN2O4. The molecule has 2 heterocycles. The first-order chi connectivity index (χ1) is 14.9. The molecule has 1 aromatic heterocycles. The smallest absolute Gasteiger partial charge is 0.255 e. The Morgan fingerprint density at radius 2 is 1.94 bits per heavy atom. The van der Waals surface area contributed by atoms with Gasteiger partial charge in [0.05, 0.1) is 30.6 Å². The number of nitrogens with one attached hydrogen (secondary N) is 1. The lowest BCUT2D eigenvalue weighted by molar-refractivity contribution is -0.00539. The van der Waals surface area contributed by atoms with E-state index in [0.717, 1.165) is 0 Å². The first-order valence-corrected chi connectivity index (χ1v) is 10.4. The van der Waals surface area contributed by atoms with E-state index in [9.17, 15) is 9.18 Å². The van der Waals surface area contributed by atoms with Crippen LogP contribution in [0.5, 0.6) is 5.75 Å². The molecule has 7 heteroatoms. The molecule has 1 amide bonds. The minimum atomic E-state index is -0.303. The zero-order valence-electron chi connectivity index (χ0n) is 18.2. The molecule has 31 heavy (non-hydrogen) atoms. The summed E-state index contributed by atoms with van der Waals surface area (Å²) in [5.41, 5.74) is 2.32. The molecule has 1 aliphatic rings. The molecule has 0 saturated carbocycles. The van der Waals surface area contributed by atoms with E-state index in [4.69, 9.17) is 13.9 Å². The van der Waals surface area contributed by atoms with Gasteiger partial charge in [-0.25, -0.2) is 4.39 Å². The number of aryl methyl sites for hydroxylation is 1. The Morgan fingerprint density at radius 3 is 2.61 bits per heavy atom. The van der Waals surface area contributed by atoms with Crippen LogP contribution in [-0.4, -0.2) is 38.3 Å². The van der Waals surface area contributed by atoms with Crippen molar-refractivity contribution < 1.29 is 23.1 Å². The molecule has 1 fully saturated rings. The number of nitrogens with zero attached hydrogens (tertiary/aromatic N) is 1. The van der Waals surface area contributed by atoms with Crippen LogP contribution < -0.4 is 15.0 Å². The Balaban J connectivity index is 1.48. The number of rotatable bonds is 5. The second-order valence-corrected chi connectivity index (χ2v) is 8.03. The molecule has 1 aliphatic heterocycles. The molecule has 4 rings (SSSR count). The third kappa shape index (κ3) is 4.37. The molecule has 0 radical (unpaired) electrons. The van der Waals surface area contributed by atoms with E-state index in [1.807, 2.05) is 24.8 Å². The van der Waals surface area contributed by atoms with Crippen molar-refractivity contribution in [2.24, 2.45) is 0 Å². The molecule has 2 aromatic carbocycles. The van der Waals surface area contributed by atoms with Crippen molar-refractivity contribution in [3.05, 3.63) is 59.1 Å². The van der Waals surface area contributed by atoms with E-state index in [2.05, 4.69) is 5.32 Å². The van der Waals surface area contributed by atoms with Crippen molar-refractivity contribution in [3.8, 4) is 5.75 Å². The van der Waals surface area contributed by atoms with Crippen molar-refractivity contribution in [2.45, 2.75) is 39.5 Å². The van der Waals surface area contributed by atoms with Crippen molar-refractivity contribution in [1.82, 2.24) is 5.32 Å². The van der Waals surface area contributed by atoms with Crippen molar-refractivity contribution in [1.29, 1.82) is 0 Å². The molecule has 0 aliphatic carbocycles. The van der Waals surface area contributed by atoms with E-state index in [1.54, 1.807) is 38.3 Å². The highest BCUT2D eigenvalue weighted by Crippen LogP contribution is 2.29. The molecule has 1 N–H and O–H groups in total. The zero-order valence-corrected chi connectivity index (χ0v) is 18.2. The molecule has 3 aromatic rings. The summed E-state index contributed by atoms with van der Waals surface area (Å²) in [7, 11) is 1.57. The molecule has 6 nitrogen and oxygen atoms in total. The maximum atomic E-state index is 14.8. The minimum Gasteiger partial charge on any atom is -0.497 e. The van der Waals surface area contributed by atoms with Gasteiger partial charge in [-0.3, -0.25) is 4.79 Å². The summed E-state index contributed by atoms with van der Waals surface area (Å²) in [6.45, 7) is 7.23. The van der Waals surface area contributed by atoms with E-state index < -0.39 is 0 Å². The Morgan fingerprint density at radius 1 is 1.19 bits per heavy atom. The van der Waals surface area contributed by atoms with Gasteiger partial charge in [-0.1, -0.05) is 6.07 Å². The third-order valence-corrected chi connectivity index (χ3v) is 5.52. The highest BCUT2D eigenvalue weighted by Gasteiger charge is 2.24. The van der Waals surface area contributed by atoms with Crippen LogP contribution in [0.1, 0.15) is 35.5 Å². The molecular weight excluding hydrogens is 399 g/mol. The molecule has 0 spiro atoms. The predicted octanol–water partition coefficient (Wildman–Crippen LogP) is 4.43. The van der Waals surface area contributed by atoms with Crippen molar-refractivity contribution in [2.75, 3.05) is 25.1 Å². The normalized spacial score (nSPS) is 18.9. The van der Waals surface area contributed by atoms with Gasteiger partial charge in [0.15, 0.2) is 0 Å². The number of ether oxygens (including phenoxy) is 2. The summed E-state index contributed by atoms with van der Waals surface area (Å²) in [6, 6.07) is 10.4. The number of morpholine rings is 1. The van der Waals surface area contributed by atoms with Gasteiger partial charge in [0.2, 0.25) is 0 Å². The summed E-state index contributed by atoms with van der Waals surface area (Å²) < 4.78 is 31.5. The minimum absolute atomic E-state index is 0.0498. The van der Waals surface area contributed by atoms with E-state index in [0.29, 0.717) is 52.4 Å². The SMILES string of the molecule is COc1ccc2oc(C)c(C(=O)NCc3ccc(N4C[C@@H](C)O[C@@H](C)C4)c(F)c3)c2c1. The van der Waals surface area contributed by atoms with Gasteiger partial charge in [-0.15, -0.1) is 0 Å². The quantitative estimate of drug-likeness (QED) is 0.654. The number of fused-ring (bicyclic) bond motifs is 1. The number of furan rings is 1. The zero-order chi connectivity index (χ0) is 22.1. The van der Waals surface area contributed by atoms with Gasteiger partial charge < -0.3 is 24.1 Å². The number of carbonyl (C=O) groups is 1. The number of amides is 1. The van der Waals surface area contributed by atoms with E-state index in [1.165, 1.54) is 6.07 Å². The lowest BCUT2D eigenvalue weighted by Gasteiger charge is -2.37. The fraction of sp³-hybridized carbons (Fsp3) is 0.375. The summed E-state index contributed by atoms with van der Waals surface area (Å²) in [5, 5.41) is 3.56. The van der Waals surface area contributed by atoms with Gasteiger partial charge in [0.25, 0.3) is 5.91 Å². The van der Waals surface area contributed by atoms with Gasteiger partial charge in [0.1, 0.15) is 22.9 Å². The van der Waals surface area contributed by atoms with Crippen LogP contribution in [0, 0.1) is 12.7 Å². The van der Waals surface area contributed by atoms with E-state index >= 15 is 0 Å². The van der Waals surface area contributed by atoms with Gasteiger partial charge in [-0.05, 0) is 56.7 Å². The maximum Gasteiger partial charge on any atom is 0.255 e. The standard InChI is InChI=1S/C24H27FN2O4/c1-14-12-27(13-15(2)30-14)21-7-5-17(9-20(21)25)11-26-24(28)23-16(3)31-22-8-6-18(29-4)10-19(22)23/h5-10,14-15H,11-13H2,1-4H3,(H,26,28)/t14-,15+. The predicted molar refractivity (Wildman–Crippen MR) is 117 cm³/mol. The average molecular weight is 426 g/mol. The number of hydrogen-bond acceptors (Lipinski definition) is 5. The molecule has 2 atom stereocenters. The lowest BCUT2D eigenvalue weighted by Crippen LogP contribution is -2.45. The van der Waals surface area contributed by atoms with Crippen molar-refractivity contribution in [3.63, 3.8) is 0 Å². The van der Waals surface area contributed by atoms with Crippen molar-refractivity contribution >= 4 is 22.6 Å². The first kappa shape index (κ1) is 21.2. The monoisotopic (exact) mass is 426 g/mol. The topological polar surface area (TPSA) is 63.9 Å². The average Bonchev–Trinajstić information content (AvgIpc) is 3.06. The third-order valence-electron chi connectivity index (χ3n) is 5.52.